The van der Waals surface area contributed by atoms with Crippen LogP contribution in [0.25, 0.3) is 0 Å². The highest BCUT2D eigenvalue weighted by Gasteiger charge is 2.81. The third-order valence-electron chi connectivity index (χ3n) is 6.53. The van der Waals surface area contributed by atoms with Gasteiger partial charge in [-0.25, -0.2) is 0 Å². The van der Waals surface area contributed by atoms with Crippen LogP contribution in [0.2, 0.25) is 0 Å². The molecule has 0 radical (unpaired) electrons. The van der Waals surface area contributed by atoms with Gasteiger partial charge < -0.3 is 18.9 Å². The minimum Gasteiger partial charge on any atom is -0.447 e. The Labute approximate surface area is 158 Å². The number of rotatable bonds is 2. The third kappa shape index (κ3) is 2.03. The van der Waals surface area contributed by atoms with Gasteiger partial charge in [-0.3, -0.25) is 5.41 Å². The fourth-order valence-corrected chi connectivity index (χ4v) is 5.30. The molecule has 0 aromatic carbocycles. The van der Waals surface area contributed by atoms with Crippen molar-refractivity contribution < 1.29 is 18.9 Å². The average Bonchev–Trinajstić information content (AvgIpc) is 3.16. The standard InChI is InChI=1S/C19H22N4O4/c1-12(2)7-14-16(9-20,10-21)18(11-22)13-8-17(24-5-6-25-17)3-4-19(13,26-14)27-15(18)23/h12-14,23H,3-8H2,1-2H3. The van der Waals surface area contributed by atoms with Crippen LogP contribution in [-0.4, -0.2) is 36.8 Å². The lowest BCUT2D eigenvalue weighted by molar-refractivity contribution is -0.330. The monoisotopic (exact) mass is 370 g/mol. The Balaban J connectivity index is 1.89. The average molecular weight is 370 g/mol. The van der Waals surface area contributed by atoms with Crippen molar-refractivity contribution in [2.24, 2.45) is 22.7 Å². The molecule has 1 spiro atoms. The summed E-state index contributed by atoms with van der Waals surface area (Å²) in [6.45, 7) is 4.84. The molecule has 2 bridgehead atoms. The molecule has 142 valence electrons. The summed E-state index contributed by atoms with van der Waals surface area (Å²) in [4.78, 5) is 0. The van der Waals surface area contributed by atoms with E-state index in [2.05, 4.69) is 18.2 Å². The zero-order chi connectivity index (χ0) is 19.5. The van der Waals surface area contributed by atoms with Crippen LogP contribution in [0.15, 0.2) is 0 Å². The van der Waals surface area contributed by atoms with Gasteiger partial charge in [0.25, 0.3) is 0 Å². The fourth-order valence-electron chi connectivity index (χ4n) is 5.30. The number of ether oxygens (including phenoxy) is 4. The molecule has 0 amide bonds. The van der Waals surface area contributed by atoms with Gasteiger partial charge in [-0.05, 0) is 12.3 Å². The number of nitriles is 3. The normalized spacial score (nSPS) is 40.7. The second kappa shape index (κ2) is 5.66. The van der Waals surface area contributed by atoms with E-state index in [4.69, 9.17) is 24.4 Å². The summed E-state index contributed by atoms with van der Waals surface area (Å²) in [6.07, 6.45) is 0.755. The van der Waals surface area contributed by atoms with Gasteiger partial charge in [-0.15, -0.1) is 0 Å². The first kappa shape index (κ1) is 18.2. The van der Waals surface area contributed by atoms with Gasteiger partial charge in [-0.1, -0.05) is 13.8 Å². The summed E-state index contributed by atoms with van der Waals surface area (Å²) in [5.41, 5.74) is -3.54. The van der Waals surface area contributed by atoms with Crippen molar-refractivity contribution in [3.8, 4) is 18.2 Å². The molecule has 8 nitrogen and oxygen atoms in total. The van der Waals surface area contributed by atoms with E-state index in [-0.39, 0.29) is 18.2 Å². The molecular formula is C19H22N4O4. The van der Waals surface area contributed by atoms with E-state index in [0.29, 0.717) is 32.5 Å². The van der Waals surface area contributed by atoms with Gasteiger partial charge in [-0.2, -0.15) is 15.8 Å². The summed E-state index contributed by atoms with van der Waals surface area (Å²) >= 11 is 0. The molecule has 4 rings (SSSR count). The molecule has 1 saturated carbocycles. The maximum atomic E-state index is 10.2. The third-order valence-corrected chi connectivity index (χ3v) is 6.53. The molecule has 0 aromatic rings. The molecule has 3 saturated heterocycles. The van der Waals surface area contributed by atoms with Crippen LogP contribution >= 0.6 is 0 Å². The van der Waals surface area contributed by atoms with Crippen LogP contribution in [0, 0.1) is 62.1 Å². The lowest BCUT2D eigenvalue weighted by Gasteiger charge is -2.54. The lowest BCUT2D eigenvalue weighted by atomic mass is 9.51. The maximum Gasteiger partial charge on any atom is 0.217 e. The Kier molecular flexibility index (Phi) is 3.81. The van der Waals surface area contributed by atoms with Crippen molar-refractivity contribution in [2.75, 3.05) is 13.2 Å². The Morgan fingerprint density at radius 2 is 1.78 bits per heavy atom. The minimum atomic E-state index is -1.83. The van der Waals surface area contributed by atoms with Gasteiger partial charge in [0.15, 0.2) is 16.6 Å². The zero-order valence-corrected chi connectivity index (χ0v) is 15.4. The SMILES string of the molecule is CC(C)CC1OC23CCC4(CC2C(C#N)(C(=N)O3)C1(C#N)C#N)OCCO4. The summed E-state index contributed by atoms with van der Waals surface area (Å²) in [5, 5.41) is 38.9. The Bertz CT molecular complexity index is 786. The molecule has 27 heavy (non-hydrogen) atoms. The van der Waals surface area contributed by atoms with E-state index in [1.54, 1.807) is 0 Å². The first-order valence-corrected chi connectivity index (χ1v) is 9.31. The van der Waals surface area contributed by atoms with Crippen molar-refractivity contribution in [3.63, 3.8) is 0 Å². The molecule has 1 aliphatic carbocycles. The zero-order valence-electron chi connectivity index (χ0n) is 15.4. The lowest BCUT2D eigenvalue weighted by Crippen LogP contribution is -2.66. The first-order chi connectivity index (χ1) is 12.8. The summed E-state index contributed by atoms with van der Waals surface area (Å²) in [5.74, 6) is -2.94. The second-order valence-electron chi connectivity index (χ2n) is 8.29. The smallest absolute Gasteiger partial charge is 0.217 e. The van der Waals surface area contributed by atoms with Crippen molar-refractivity contribution in [1.29, 1.82) is 21.2 Å². The van der Waals surface area contributed by atoms with E-state index in [9.17, 15) is 15.8 Å². The van der Waals surface area contributed by atoms with Crippen LogP contribution in [0.4, 0.5) is 0 Å². The summed E-state index contributed by atoms with van der Waals surface area (Å²) < 4.78 is 23.8. The van der Waals surface area contributed by atoms with E-state index in [1.807, 2.05) is 13.8 Å². The molecule has 3 aliphatic heterocycles. The quantitative estimate of drug-likeness (QED) is 0.788. The van der Waals surface area contributed by atoms with Crippen molar-refractivity contribution in [1.82, 2.24) is 0 Å². The highest BCUT2D eigenvalue weighted by Crippen LogP contribution is 2.68. The molecule has 4 aliphatic rings. The molecule has 1 N–H and O–H groups in total. The predicted octanol–water partition coefficient (Wildman–Crippen LogP) is 2.22. The van der Waals surface area contributed by atoms with E-state index in [1.165, 1.54) is 0 Å². The molecule has 8 heteroatoms. The molecule has 0 aromatic heterocycles. The highest BCUT2D eigenvalue weighted by molar-refractivity contribution is 5.89. The van der Waals surface area contributed by atoms with Gasteiger partial charge in [0, 0.05) is 19.3 Å². The van der Waals surface area contributed by atoms with Crippen LogP contribution in [-0.2, 0) is 18.9 Å². The number of nitrogens with one attached hydrogen (secondary N) is 1. The van der Waals surface area contributed by atoms with Crippen molar-refractivity contribution >= 4 is 5.90 Å². The largest absolute Gasteiger partial charge is 0.447 e. The fraction of sp³-hybridized carbons (Fsp3) is 0.789. The van der Waals surface area contributed by atoms with Crippen LogP contribution in [0.5, 0.6) is 0 Å². The van der Waals surface area contributed by atoms with Crippen molar-refractivity contribution in [2.45, 2.75) is 57.2 Å². The Morgan fingerprint density at radius 3 is 2.33 bits per heavy atom. The van der Waals surface area contributed by atoms with Crippen LogP contribution in [0.1, 0.15) is 39.5 Å². The molecular weight excluding hydrogens is 348 g/mol. The molecule has 4 unspecified atom stereocenters. The number of hydrogen-bond acceptors (Lipinski definition) is 8. The second-order valence-corrected chi connectivity index (χ2v) is 8.29. The highest BCUT2D eigenvalue weighted by atomic mass is 16.7. The van der Waals surface area contributed by atoms with Gasteiger partial charge in [0.05, 0.1) is 43.4 Å². The number of nitrogens with zero attached hydrogens (tertiary/aromatic N) is 3. The number of hydrogen-bond donors (Lipinski definition) is 1. The predicted molar refractivity (Wildman–Crippen MR) is 89.6 cm³/mol. The Morgan fingerprint density at radius 1 is 1.11 bits per heavy atom. The van der Waals surface area contributed by atoms with E-state index in [0.717, 1.165) is 0 Å². The molecule has 3 heterocycles. The summed E-state index contributed by atoms with van der Waals surface area (Å²) in [6, 6.07) is 6.31. The van der Waals surface area contributed by atoms with E-state index >= 15 is 0 Å². The van der Waals surface area contributed by atoms with Gasteiger partial charge >= 0.3 is 0 Å². The Hall–Kier alpha value is -2.18. The van der Waals surface area contributed by atoms with E-state index < -0.39 is 34.4 Å². The minimum absolute atomic E-state index is 0.143. The molecule has 4 atom stereocenters. The van der Waals surface area contributed by atoms with Crippen molar-refractivity contribution in [3.05, 3.63) is 0 Å². The maximum absolute atomic E-state index is 10.2. The summed E-state index contributed by atoms with van der Waals surface area (Å²) in [7, 11) is 0. The van der Waals surface area contributed by atoms with Gasteiger partial charge in [0.2, 0.25) is 11.7 Å². The first-order valence-electron chi connectivity index (χ1n) is 9.31. The van der Waals surface area contributed by atoms with Gasteiger partial charge in [0.1, 0.15) is 0 Å². The van der Waals surface area contributed by atoms with Crippen LogP contribution in [0.3, 0.4) is 0 Å². The topological polar surface area (TPSA) is 132 Å². The van der Waals surface area contributed by atoms with Crippen LogP contribution < -0.4 is 0 Å². The molecule has 4 fully saturated rings.